The first-order valence-electron chi connectivity index (χ1n) is 8.01. The van der Waals surface area contributed by atoms with Crippen LogP contribution in [-0.4, -0.2) is 13.7 Å². The predicted octanol–water partition coefficient (Wildman–Crippen LogP) is 4.24. The van der Waals surface area contributed by atoms with Crippen LogP contribution in [0.1, 0.15) is 37.7 Å². The Balaban J connectivity index is 1.58. The SMILES string of the molecule is Cc1cccc(S(=O)(=O)SC2C3CC4CC(C3)CC2C4)c1. The molecule has 0 spiro atoms. The third kappa shape index (κ3) is 2.55. The van der Waals surface area contributed by atoms with E-state index in [0.717, 1.165) is 17.4 Å². The molecule has 4 aliphatic rings. The molecular formula is C17H22O2S2. The summed E-state index contributed by atoms with van der Waals surface area (Å²) in [7, 11) is -1.94. The number of hydrogen-bond donors (Lipinski definition) is 0. The molecule has 0 saturated heterocycles. The monoisotopic (exact) mass is 322 g/mol. The quantitative estimate of drug-likeness (QED) is 0.781. The Morgan fingerprint density at radius 3 is 2.19 bits per heavy atom. The number of rotatable bonds is 3. The first kappa shape index (κ1) is 14.1. The Kier molecular flexibility index (Phi) is 3.38. The van der Waals surface area contributed by atoms with E-state index in [9.17, 15) is 8.42 Å². The predicted molar refractivity (Wildman–Crippen MR) is 86.8 cm³/mol. The van der Waals surface area contributed by atoms with Gasteiger partial charge < -0.3 is 0 Å². The standard InChI is InChI=1S/C17H22O2S2/c1-11-3-2-4-16(5-11)21(18,19)20-17-14-7-12-6-13(9-14)10-15(17)8-12/h2-5,12-15,17H,6-10H2,1H3. The van der Waals surface area contributed by atoms with Gasteiger partial charge in [0, 0.05) is 5.25 Å². The van der Waals surface area contributed by atoms with Gasteiger partial charge in [-0.05, 0) is 91.2 Å². The highest BCUT2D eigenvalue weighted by molar-refractivity contribution is 8.72. The molecule has 0 amide bonds. The molecule has 4 aliphatic carbocycles. The smallest absolute Gasteiger partial charge is 0.212 e. The van der Waals surface area contributed by atoms with Gasteiger partial charge in [0.2, 0.25) is 8.87 Å². The zero-order valence-electron chi connectivity index (χ0n) is 12.4. The zero-order valence-corrected chi connectivity index (χ0v) is 14.0. The van der Waals surface area contributed by atoms with Gasteiger partial charge in [-0.1, -0.05) is 12.1 Å². The molecule has 4 heteroatoms. The Morgan fingerprint density at radius 1 is 1.00 bits per heavy atom. The minimum absolute atomic E-state index is 0.336. The molecule has 0 aromatic heterocycles. The number of aryl methyl sites for hydroxylation is 1. The highest BCUT2D eigenvalue weighted by Crippen LogP contribution is 2.58. The van der Waals surface area contributed by atoms with Crippen molar-refractivity contribution in [3.8, 4) is 0 Å². The fourth-order valence-electron chi connectivity index (χ4n) is 5.01. The summed E-state index contributed by atoms with van der Waals surface area (Å²) in [5.74, 6) is 3.08. The van der Waals surface area contributed by atoms with Crippen molar-refractivity contribution in [3.05, 3.63) is 29.8 Å². The average Bonchev–Trinajstić information content (AvgIpc) is 2.42. The van der Waals surface area contributed by atoms with E-state index < -0.39 is 8.87 Å². The molecule has 0 N–H and O–H groups in total. The first-order valence-corrected chi connectivity index (χ1v) is 10.9. The van der Waals surface area contributed by atoms with Gasteiger partial charge in [0.25, 0.3) is 0 Å². The molecule has 21 heavy (non-hydrogen) atoms. The fourth-order valence-corrected chi connectivity index (χ4v) is 9.21. The molecule has 0 radical (unpaired) electrons. The summed E-state index contributed by atoms with van der Waals surface area (Å²) in [5.41, 5.74) is 1.02. The second-order valence-corrected chi connectivity index (χ2v) is 11.3. The topological polar surface area (TPSA) is 34.1 Å². The second-order valence-electron chi connectivity index (χ2n) is 7.26. The van der Waals surface area contributed by atoms with Crippen LogP contribution in [0.3, 0.4) is 0 Å². The Labute approximate surface area is 131 Å². The van der Waals surface area contributed by atoms with Crippen molar-refractivity contribution in [2.24, 2.45) is 23.7 Å². The van der Waals surface area contributed by atoms with E-state index in [1.807, 2.05) is 19.1 Å². The van der Waals surface area contributed by atoms with Crippen molar-refractivity contribution in [3.63, 3.8) is 0 Å². The van der Waals surface area contributed by atoms with Crippen LogP contribution in [0.25, 0.3) is 0 Å². The van der Waals surface area contributed by atoms with Gasteiger partial charge in [0.05, 0.1) is 4.90 Å². The van der Waals surface area contributed by atoms with Crippen LogP contribution in [0, 0.1) is 30.6 Å². The maximum Gasteiger partial charge on any atom is 0.230 e. The van der Waals surface area contributed by atoms with Crippen molar-refractivity contribution in [2.75, 3.05) is 0 Å². The summed E-state index contributed by atoms with van der Waals surface area (Å²) in [6, 6.07) is 7.34. The van der Waals surface area contributed by atoms with Crippen molar-refractivity contribution < 1.29 is 8.42 Å². The number of benzene rings is 1. The summed E-state index contributed by atoms with van der Waals surface area (Å²) < 4.78 is 25.5. The lowest BCUT2D eigenvalue weighted by molar-refractivity contribution is 0.0271. The van der Waals surface area contributed by atoms with Crippen molar-refractivity contribution >= 4 is 19.7 Å². The molecule has 1 aromatic rings. The third-order valence-electron chi connectivity index (χ3n) is 5.66. The summed E-state index contributed by atoms with van der Waals surface area (Å²) in [6.07, 6.45) is 6.50. The van der Waals surface area contributed by atoms with E-state index in [0.29, 0.717) is 22.0 Å². The van der Waals surface area contributed by atoms with E-state index >= 15 is 0 Å². The van der Waals surface area contributed by atoms with Crippen molar-refractivity contribution in [1.82, 2.24) is 0 Å². The molecular weight excluding hydrogens is 300 g/mol. The lowest BCUT2D eigenvalue weighted by Gasteiger charge is -2.53. The molecule has 4 bridgehead atoms. The van der Waals surface area contributed by atoms with Crippen LogP contribution in [0.2, 0.25) is 0 Å². The molecule has 1 aromatic carbocycles. The molecule has 4 fully saturated rings. The maximum absolute atomic E-state index is 12.7. The number of hydrogen-bond acceptors (Lipinski definition) is 3. The van der Waals surface area contributed by atoms with E-state index in [4.69, 9.17) is 0 Å². The van der Waals surface area contributed by atoms with Gasteiger partial charge >= 0.3 is 0 Å². The van der Waals surface area contributed by atoms with E-state index in [1.165, 1.54) is 42.9 Å². The van der Waals surface area contributed by atoms with E-state index in [-0.39, 0.29) is 0 Å². The molecule has 0 atom stereocenters. The molecule has 4 saturated carbocycles. The van der Waals surface area contributed by atoms with Gasteiger partial charge in [0.1, 0.15) is 0 Å². The van der Waals surface area contributed by atoms with Gasteiger partial charge in [-0.15, -0.1) is 0 Å². The minimum Gasteiger partial charge on any atom is -0.212 e. The average molecular weight is 322 g/mol. The summed E-state index contributed by atoms with van der Waals surface area (Å²) in [5, 5.41) is 0.336. The van der Waals surface area contributed by atoms with Crippen LogP contribution in [0.4, 0.5) is 0 Å². The Morgan fingerprint density at radius 2 is 1.62 bits per heavy atom. The van der Waals surface area contributed by atoms with E-state index in [2.05, 4.69) is 0 Å². The first-order chi connectivity index (χ1) is 10.0. The zero-order chi connectivity index (χ0) is 14.6. The lowest BCUT2D eigenvalue weighted by Crippen LogP contribution is -2.47. The Bertz CT molecular complexity index is 623. The van der Waals surface area contributed by atoms with E-state index in [1.54, 1.807) is 12.1 Å². The van der Waals surface area contributed by atoms with Crippen LogP contribution in [0.5, 0.6) is 0 Å². The highest BCUT2D eigenvalue weighted by Gasteiger charge is 2.49. The molecule has 114 valence electrons. The summed E-state index contributed by atoms with van der Waals surface area (Å²) in [6.45, 7) is 1.95. The van der Waals surface area contributed by atoms with Gasteiger partial charge in [-0.25, -0.2) is 8.42 Å². The molecule has 0 aliphatic heterocycles. The Hall–Kier alpha value is -0.480. The molecule has 0 heterocycles. The third-order valence-corrected chi connectivity index (χ3v) is 9.74. The van der Waals surface area contributed by atoms with Crippen molar-refractivity contribution in [1.29, 1.82) is 0 Å². The minimum atomic E-state index is -3.21. The van der Waals surface area contributed by atoms with Crippen LogP contribution >= 0.6 is 10.8 Å². The van der Waals surface area contributed by atoms with Gasteiger partial charge in [-0.2, -0.15) is 0 Å². The van der Waals surface area contributed by atoms with Crippen LogP contribution in [0.15, 0.2) is 29.2 Å². The largest absolute Gasteiger partial charge is 0.230 e. The van der Waals surface area contributed by atoms with Gasteiger partial charge in [0.15, 0.2) is 0 Å². The van der Waals surface area contributed by atoms with Crippen LogP contribution in [-0.2, 0) is 8.87 Å². The highest BCUT2D eigenvalue weighted by atomic mass is 33.1. The van der Waals surface area contributed by atoms with Crippen LogP contribution < -0.4 is 0 Å². The fraction of sp³-hybridized carbons (Fsp3) is 0.647. The van der Waals surface area contributed by atoms with Crippen molar-refractivity contribution in [2.45, 2.75) is 49.2 Å². The lowest BCUT2D eigenvalue weighted by atomic mass is 9.56. The summed E-state index contributed by atoms with van der Waals surface area (Å²) >= 11 is 0. The molecule has 0 unspecified atom stereocenters. The normalized spacial score (nSPS) is 37.9. The molecule has 2 nitrogen and oxygen atoms in total. The second kappa shape index (κ2) is 5.02. The summed E-state index contributed by atoms with van der Waals surface area (Å²) in [4.78, 5) is 0.487. The maximum atomic E-state index is 12.7. The molecule has 5 rings (SSSR count). The van der Waals surface area contributed by atoms with Gasteiger partial charge in [-0.3, -0.25) is 0 Å².